The van der Waals surface area contributed by atoms with E-state index in [0.29, 0.717) is 12.5 Å². The molecule has 0 spiro atoms. The highest BCUT2D eigenvalue weighted by Gasteiger charge is 2.23. The third-order valence-corrected chi connectivity index (χ3v) is 3.47. The van der Waals surface area contributed by atoms with Crippen LogP contribution in [-0.2, 0) is 9.53 Å². The Labute approximate surface area is 140 Å². The maximum Gasteiger partial charge on any atom is 0.363 e. The molecule has 2 aromatic carbocycles. The zero-order valence-electron chi connectivity index (χ0n) is 13.4. The van der Waals surface area contributed by atoms with E-state index in [9.17, 15) is 4.79 Å². The van der Waals surface area contributed by atoms with Gasteiger partial charge in [-0.3, -0.25) is 0 Å². The van der Waals surface area contributed by atoms with E-state index in [1.165, 1.54) is 0 Å². The van der Waals surface area contributed by atoms with Crippen LogP contribution in [0.5, 0.6) is 5.75 Å². The van der Waals surface area contributed by atoms with Crippen molar-refractivity contribution in [2.75, 3.05) is 6.61 Å². The van der Waals surface area contributed by atoms with Gasteiger partial charge in [-0.15, -0.1) is 0 Å². The molecule has 1 aliphatic heterocycles. The number of benzene rings is 2. The average molecular weight is 319 g/mol. The zero-order chi connectivity index (χ0) is 16.9. The Bertz CT molecular complexity index is 815. The molecular formula is C20H17NO3. The molecule has 4 heteroatoms. The minimum atomic E-state index is -0.447. The van der Waals surface area contributed by atoms with Gasteiger partial charge in [0, 0.05) is 5.56 Å². The van der Waals surface area contributed by atoms with Gasteiger partial charge in [-0.05, 0) is 42.8 Å². The van der Waals surface area contributed by atoms with Crippen molar-refractivity contribution < 1.29 is 14.3 Å². The predicted molar refractivity (Wildman–Crippen MR) is 93.9 cm³/mol. The summed E-state index contributed by atoms with van der Waals surface area (Å²) in [6, 6.07) is 15.1. The number of ether oxygens (including phenoxy) is 2. The molecule has 0 bridgehead atoms. The number of hydrogen-bond acceptors (Lipinski definition) is 4. The molecular weight excluding hydrogens is 302 g/mol. The number of aryl methyl sites for hydroxylation is 1. The molecule has 120 valence electrons. The Balaban J connectivity index is 1.80. The van der Waals surface area contributed by atoms with Crippen molar-refractivity contribution in [1.29, 1.82) is 0 Å². The molecule has 0 atom stereocenters. The molecule has 0 aliphatic carbocycles. The van der Waals surface area contributed by atoms with Crippen LogP contribution in [0.4, 0.5) is 0 Å². The fourth-order valence-corrected chi connectivity index (χ4v) is 2.20. The maximum atomic E-state index is 12.0. The predicted octanol–water partition coefficient (Wildman–Crippen LogP) is 3.90. The largest absolute Gasteiger partial charge is 0.490 e. The zero-order valence-corrected chi connectivity index (χ0v) is 13.4. The first-order chi connectivity index (χ1) is 11.7. The maximum absolute atomic E-state index is 12.0. The van der Waals surface area contributed by atoms with Gasteiger partial charge in [0.2, 0.25) is 5.90 Å². The normalized spacial score (nSPS) is 15.1. The summed E-state index contributed by atoms with van der Waals surface area (Å²) in [5.74, 6) is 0.629. The SMILES string of the molecule is C=CCOc1ccc(/C=C2/N=C(c3ccc(C)cc3)OC2=O)cc1. The Morgan fingerprint density at radius 1 is 1.12 bits per heavy atom. The van der Waals surface area contributed by atoms with Gasteiger partial charge >= 0.3 is 5.97 Å². The van der Waals surface area contributed by atoms with Crippen LogP contribution in [0, 0.1) is 6.92 Å². The molecule has 0 aromatic heterocycles. The number of hydrogen-bond donors (Lipinski definition) is 0. The summed E-state index contributed by atoms with van der Waals surface area (Å²) in [4.78, 5) is 16.3. The van der Waals surface area contributed by atoms with Gasteiger partial charge in [-0.1, -0.05) is 42.5 Å². The molecule has 0 amide bonds. The Morgan fingerprint density at radius 3 is 2.50 bits per heavy atom. The van der Waals surface area contributed by atoms with Gasteiger partial charge in [-0.2, -0.15) is 0 Å². The fourth-order valence-electron chi connectivity index (χ4n) is 2.20. The Kier molecular flexibility index (Phi) is 4.57. The summed E-state index contributed by atoms with van der Waals surface area (Å²) in [6.45, 7) is 6.06. The van der Waals surface area contributed by atoms with Crippen molar-refractivity contribution in [3.05, 3.63) is 83.6 Å². The minimum Gasteiger partial charge on any atom is -0.490 e. The van der Waals surface area contributed by atoms with Crippen LogP contribution in [0.1, 0.15) is 16.7 Å². The lowest BCUT2D eigenvalue weighted by atomic mass is 10.1. The number of carbonyl (C=O) groups is 1. The second kappa shape index (κ2) is 6.96. The van der Waals surface area contributed by atoms with Crippen molar-refractivity contribution >= 4 is 17.9 Å². The van der Waals surface area contributed by atoms with E-state index in [1.807, 2.05) is 55.5 Å². The number of cyclic esters (lactones) is 1. The van der Waals surface area contributed by atoms with Crippen LogP contribution < -0.4 is 4.74 Å². The van der Waals surface area contributed by atoms with E-state index in [0.717, 1.165) is 22.4 Å². The van der Waals surface area contributed by atoms with Crippen LogP contribution in [0.25, 0.3) is 6.08 Å². The van der Waals surface area contributed by atoms with Gasteiger partial charge in [0.25, 0.3) is 0 Å². The fraction of sp³-hybridized carbons (Fsp3) is 0.100. The molecule has 0 fully saturated rings. The highest BCUT2D eigenvalue weighted by atomic mass is 16.6. The van der Waals surface area contributed by atoms with Gasteiger partial charge in [0.15, 0.2) is 5.70 Å². The van der Waals surface area contributed by atoms with Gasteiger partial charge in [-0.25, -0.2) is 9.79 Å². The topological polar surface area (TPSA) is 47.9 Å². The molecule has 0 saturated carbocycles. The minimum absolute atomic E-state index is 0.283. The lowest BCUT2D eigenvalue weighted by Gasteiger charge is -2.02. The van der Waals surface area contributed by atoms with Crippen molar-refractivity contribution in [3.63, 3.8) is 0 Å². The molecule has 0 unspecified atom stereocenters. The molecule has 1 aliphatic rings. The summed E-state index contributed by atoms with van der Waals surface area (Å²) in [6.07, 6.45) is 3.38. The highest BCUT2D eigenvalue weighted by molar-refractivity contribution is 6.12. The molecule has 3 rings (SSSR count). The number of nitrogens with zero attached hydrogens (tertiary/aromatic N) is 1. The van der Waals surface area contributed by atoms with Crippen molar-refractivity contribution in [2.45, 2.75) is 6.92 Å². The molecule has 4 nitrogen and oxygen atoms in total. The van der Waals surface area contributed by atoms with E-state index in [4.69, 9.17) is 9.47 Å². The van der Waals surface area contributed by atoms with Crippen LogP contribution in [-0.4, -0.2) is 18.5 Å². The number of esters is 1. The van der Waals surface area contributed by atoms with Crippen molar-refractivity contribution in [2.24, 2.45) is 4.99 Å². The standard InChI is InChI=1S/C20H17NO3/c1-3-12-23-17-10-6-15(7-11-17)13-18-20(22)24-19(21-18)16-8-4-14(2)5-9-16/h3-11,13H,1,12H2,2H3/b18-13+. The molecule has 0 radical (unpaired) electrons. The van der Waals surface area contributed by atoms with E-state index in [2.05, 4.69) is 11.6 Å². The number of aliphatic imine (C=N–C) groups is 1. The molecule has 0 N–H and O–H groups in total. The lowest BCUT2D eigenvalue weighted by molar-refractivity contribution is -0.129. The average Bonchev–Trinajstić information content (AvgIpc) is 2.95. The van der Waals surface area contributed by atoms with Crippen LogP contribution in [0.3, 0.4) is 0 Å². The summed E-state index contributed by atoms with van der Waals surface area (Å²) in [5.41, 5.74) is 3.05. The van der Waals surface area contributed by atoms with Gasteiger partial charge in [0.05, 0.1) is 0 Å². The van der Waals surface area contributed by atoms with Crippen molar-refractivity contribution in [1.82, 2.24) is 0 Å². The second-order valence-electron chi connectivity index (χ2n) is 5.37. The number of carbonyl (C=O) groups excluding carboxylic acids is 1. The molecule has 1 heterocycles. The van der Waals surface area contributed by atoms with Crippen LogP contribution in [0.2, 0.25) is 0 Å². The van der Waals surface area contributed by atoms with Crippen LogP contribution in [0.15, 0.2) is 71.9 Å². The second-order valence-corrected chi connectivity index (χ2v) is 5.37. The molecule has 2 aromatic rings. The summed E-state index contributed by atoms with van der Waals surface area (Å²) < 4.78 is 10.7. The van der Waals surface area contributed by atoms with Crippen molar-refractivity contribution in [3.8, 4) is 5.75 Å². The molecule has 24 heavy (non-hydrogen) atoms. The summed E-state index contributed by atoms with van der Waals surface area (Å²) in [5, 5.41) is 0. The lowest BCUT2D eigenvalue weighted by Crippen LogP contribution is -2.05. The van der Waals surface area contributed by atoms with Crippen LogP contribution >= 0.6 is 0 Å². The summed E-state index contributed by atoms with van der Waals surface area (Å²) >= 11 is 0. The van der Waals surface area contributed by atoms with E-state index in [1.54, 1.807) is 12.2 Å². The van der Waals surface area contributed by atoms with Gasteiger partial charge < -0.3 is 9.47 Å². The third-order valence-electron chi connectivity index (χ3n) is 3.47. The smallest absolute Gasteiger partial charge is 0.363 e. The highest BCUT2D eigenvalue weighted by Crippen LogP contribution is 2.20. The first-order valence-corrected chi connectivity index (χ1v) is 7.59. The van der Waals surface area contributed by atoms with E-state index >= 15 is 0 Å². The molecule has 0 saturated heterocycles. The Morgan fingerprint density at radius 2 is 1.83 bits per heavy atom. The van der Waals surface area contributed by atoms with E-state index in [-0.39, 0.29) is 5.70 Å². The summed E-state index contributed by atoms with van der Waals surface area (Å²) in [7, 11) is 0. The van der Waals surface area contributed by atoms with E-state index < -0.39 is 5.97 Å². The third kappa shape index (κ3) is 3.60. The number of rotatable bonds is 5. The first kappa shape index (κ1) is 15.7. The Hall–Kier alpha value is -3.14. The quantitative estimate of drug-likeness (QED) is 0.477. The first-order valence-electron chi connectivity index (χ1n) is 7.59. The monoisotopic (exact) mass is 319 g/mol. The van der Waals surface area contributed by atoms with Gasteiger partial charge in [0.1, 0.15) is 12.4 Å².